The summed E-state index contributed by atoms with van der Waals surface area (Å²) in [5.74, 6) is -0.102. The lowest BCUT2D eigenvalue weighted by Crippen LogP contribution is -2.02. The summed E-state index contributed by atoms with van der Waals surface area (Å²) in [6, 6.07) is 6.95. The highest BCUT2D eigenvalue weighted by atomic mass is 32.2. The van der Waals surface area contributed by atoms with Gasteiger partial charge in [0.2, 0.25) is 0 Å². The molecule has 0 spiro atoms. The van der Waals surface area contributed by atoms with Gasteiger partial charge in [0, 0.05) is 6.07 Å². The summed E-state index contributed by atoms with van der Waals surface area (Å²) in [5, 5.41) is 3.99. The fraction of sp³-hybridized carbons (Fsp3) is 0.100. The van der Waals surface area contributed by atoms with Gasteiger partial charge in [-0.2, -0.15) is 13.5 Å². The van der Waals surface area contributed by atoms with Crippen molar-refractivity contribution in [3.63, 3.8) is 0 Å². The van der Waals surface area contributed by atoms with Crippen LogP contribution in [0, 0.1) is 6.92 Å². The standard InChI is InChI=1S/C10H9N3O3S/c1-7-5-10(11)13(12-7)8-3-2-4-9(6-8)17(14,15)16/h2-6H,1H3,(H,14,15,16). The molecule has 0 unspecified atom stereocenters. The molecule has 17 heavy (non-hydrogen) atoms. The normalized spacial score (nSPS) is 11.6. The molecule has 2 rings (SSSR count). The lowest BCUT2D eigenvalue weighted by molar-refractivity contribution is 0.483. The molecule has 1 aromatic heterocycles. The van der Waals surface area contributed by atoms with Gasteiger partial charge in [-0.15, -0.1) is 5.73 Å². The lowest BCUT2D eigenvalue weighted by atomic mass is 10.3. The van der Waals surface area contributed by atoms with Crippen LogP contribution < -0.4 is 5.73 Å². The molecule has 0 amide bonds. The minimum Gasteiger partial charge on any atom is -0.282 e. The number of benzene rings is 1. The van der Waals surface area contributed by atoms with E-state index in [1.165, 1.54) is 28.9 Å². The van der Waals surface area contributed by atoms with Crippen LogP contribution in [0.25, 0.3) is 5.69 Å². The second kappa shape index (κ2) is 3.86. The van der Waals surface area contributed by atoms with Crippen LogP contribution in [0.4, 0.5) is 5.82 Å². The summed E-state index contributed by atoms with van der Waals surface area (Å²) < 4.78 is 32.0. The van der Waals surface area contributed by atoms with E-state index in [1.54, 1.807) is 13.0 Å². The Kier molecular flexibility index (Phi) is 2.64. The highest BCUT2D eigenvalue weighted by Crippen LogP contribution is 2.18. The maximum Gasteiger partial charge on any atom is 0.294 e. The van der Waals surface area contributed by atoms with Crippen LogP contribution in [0.15, 0.2) is 35.2 Å². The Hall–Kier alpha value is -1.86. The molecule has 0 saturated heterocycles. The molecule has 1 aromatic carbocycles. The zero-order valence-electron chi connectivity index (χ0n) is 8.90. The monoisotopic (exact) mass is 251 g/mol. The molecule has 0 aliphatic carbocycles. The predicted octanol–water partition coefficient (Wildman–Crippen LogP) is 1.13. The first kappa shape index (κ1) is 11.6. The zero-order chi connectivity index (χ0) is 12.6. The minimum atomic E-state index is -4.26. The number of aromatic nitrogens is 2. The van der Waals surface area contributed by atoms with Gasteiger partial charge in [0.25, 0.3) is 10.1 Å². The van der Waals surface area contributed by atoms with Crippen LogP contribution in [-0.2, 0) is 10.1 Å². The third-order valence-corrected chi connectivity index (χ3v) is 3.02. The molecule has 0 bridgehead atoms. The summed E-state index contributed by atoms with van der Waals surface area (Å²) in [7, 11) is -4.26. The van der Waals surface area contributed by atoms with Crippen LogP contribution in [0.5, 0.6) is 0 Å². The fourth-order valence-electron chi connectivity index (χ4n) is 1.45. The Bertz CT molecular complexity index is 661. The third-order valence-electron chi connectivity index (χ3n) is 2.17. The van der Waals surface area contributed by atoms with Gasteiger partial charge in [-0.3, -0.25) is 4.55 Å². The van der Waals surface area contributed by atoms with Crippen molar-refractivity contribution in [2.24, 2.45) is 0 Å². The van der Waals surface area contributed by atoms with Crippen molar-refractivity contribution in [3.8, 4) is 5.69 Å². The lowest BCUT2D eigenvalue weighted by Gasteiger charge is -2.04. The molecule has 7 heteroatoms. The molecular weight excluding hydrogens is 242 g/mol. The first-order valence-electron chi connectivity index (χ1n) is 4.71. The molecular formula is C10H9N3O3S. The molecule has 0 aliphatic rings. The van der Waals surface area contributed by atoms with E-state index in [0.29, 0.717) is 11.4 Å². The van der Waals surface area contributed by atoms with Crippen LogP contribution in [-0.4, -0.2) is 22.8 Å². The first-order chi connectivity index (χ1) is 7.88. The minimum absolute atomic E-state index is 0.102. The Balaban J connectivity index is 2.58. The van der Waals surface area contributed by atoms with E-state index in [-0.39, 0.29) is 10.7 Å². The maximum atomic E-state index is 11.0. The van der Waals surface area contributed by atoms with Crippen LogP contribution >= 0.6 is 0 Å². The zero-order valence-corrected chi connectivity index (χ0v) is 9.72. The van der Waals surface area contributed by atoms with Gasteiger partial charge in [-0.1, -0.05) is 6.07 Å². The topological polar surface area (TPSA) is 94.5 Å². The van der Waals surface area contributed by atoms with Crippen molar-refractivity contribution in [2.45, 2.75) is 11.8 Å². The fourth-order valence-corrected chi connectivity index (χ4v) is 1.97. The highest BCUT2D eigenvalue weighted by molar-refractivity contribution is 7.85. The van der Waals surface area contributed by atoms with E-state index in [9.17, 15) is 14.2 Å². The summed E-state index contributed by atoms with van der Waals surface area (Å²) in [4.78, 5) is -0.248. The molecule has 88 valence electrons. The Morgan fingerprint density at radius 2 is 2.06 bits per heavy atom. The number of hydrogen-bond donors (Lipinski definition) is 1. The van der Waals surface area contributed by atoms with Crippen LogP contribution in [0.1, 0.15) is 5.69 Å². The number of nitrogens with zero attached hydrogens (tertiary/aromatic N) is 3. The van der Waals surface area contributed by atoms with E-state index in [1.807, 2.05) is 0 Å². The predicted molar refractivity (Wildman–Crippen MR) is 59.9 cm³/mol. The highest BCUT2D eigenvalue weighted by Gasteiger charge is 2.12. The van der Waals surface area contributed by atoms with Gasteiger partial charge >= 0.3 is 0 Å². The number of aryl methyl sites for hydroxylation is 1. The van der Waals surface area contributed by atoms with Gasteiger partial charge in [0.1, 0.15) is 0 Å². The average Bonchev–Trinajstić information content (AvgIpc) is 2.57. The molecule has 0 fully saturated rings. The summed E-state index contributed by atoms with van der Waals surface area (Å²) in [6.45, 7) is 1.70. The summed E-state index contributed by atoms with van der Waals surface area (Å²) in [6.07, 6.45) is 0. The van der Waals surface area contributed by atoms with Crippen molar-refractivity contribution in [1.29, 1.82) is 0 Å². The molecule has 0 atom stereocenters. The Labute approximate surface area is 98.4 Å². The van der Waals surface area contributed by atoms with Crippen molar-refractivity contribution in [3.05, 3.63) is 36.0 Å². The van der Waals surface area contributed by atoms with E-state index < -0.39 is 10.1 Å². The molecule has 2 aromatic rings. The van der Waals surface area contributed by atoms with Crippen molar-refractivity contribution in [1.82, 2.24) is 15.5 Å². The van der Waals surface area contributed by atoms with Crippen molar-refractivity contribution < 1.29 is 13.0 Å². The molecule has 6 nitrogen and oxygen atoms in total. The third kappa shape index (κ3) is 2.29. The van der Waals surface area contributed by atoms with Gasteiger partial charge in [-0.05, 0) is 25.1 Å². The van der Waals surface area contributed by atoms with E-state index >= 15 is 0 Å². The SMILES string of the molecule is Cc1cc([N])n(-c2cccc(S(=O)(=O)O)c2)n1. The van der Waals surface area contributed by atoms with Crippen molar-refractivity contribution >= 4 is 15.9 Å². The van der Waals surface area contributed by atoms with Gasteiger partial charge in [-0.25, -0.2) is 4.68 Å². The summed E-state index contributed by atoms with van der Waals surface area (Å²) >= 11 is 0. The van der Waals surface area contributed by atoms with Gasteiger partial charge in [0.15, 0.2) is 5.82 Å². The average molecular weight is 251 g/mol. The van der Waals surface area contributed by atoms with Crippen LogP contribution in [0.2, 0.25) is 0 Å². The molecule has 1 heterocycles. The second-order valence-corrected chi connectivity index (χ2v) is 4.95. The number of hydrogen-bond acceptors (Lipinski definition) is 3. The second-order valence-electron chi connectivity index (χ2n) is 3.53. The van der Waals surface area contributed by atoms with Gasteiger partial charge in [0.05, 0.1) is 16.3 Å². The number of rotatable bonds is 2. The summed E-state index contributed by atoms with van der Waals surface area (Å²) in [5.41, 5.74) is 10.5. The van der Waals surface area contributed by atoms with E-state index in [4.69, 9.17) is 4.55 Å². The van der Waals surface area contributed by atoms with E-state index in [2.05, 4.69) is 5.10 Å². The smallest absolute Gasteiger partial charge is 0.282 e. The molecule has 1 N–H and O–H groups in total. The maximum absolute atomic E-state index is 11.0. The molecule has 2 radical (unpaired) electrons. The Morgan fingerprint density at radius 3 is 2.59 bits per heavy atom. The van der Waals surface area contributed by atoms with Crippen molar-refractivity contribution in [2.75, 3.05) is 0 Å². The first-order valence-corrected chi connectivity index (χ1v) is 6.15. The molecule has 0 saturated carbocycles. The van der Waals surface area contributed by atoms with Gasteiger partial charge < -0.3 is 0 Å². The Morgan fingerprint density at radius 1 is 1.35 bits per heavy atom. The van der Waals surface area contributed by atoms with Crippen LogP contribution in [0.3, 0.4) is 0 Å². The molecule has 0 aliphatic heterocycles. The largest absolute Gasteiger partial charge is 0.294 e. The quantitative estimate of drug-likeness (QED) is 0.809. The van der Waals surface area contributed by atoms with E-state index in [0.717, 1.165) is 0 Å².